The lowest BCUT2D eigenvalue weighted by atomic mass is 10.1. The second kappa shape index (κ2) is 7.82. The number of hydrogen-bond donors (Lipinski definition) is 2. The van der Waals surface area contributed by atoms with Crippen LogP contribution in [0.2, 0.25) is 0 Å². The summed E-state index contributed by atoms with van der Waals surface area (Å²) in [5, 5.41) is 9.16. The van der Waals surface area contributed by atoms with Crippen LogP contribution in [0.4, 0.5) is 10.6 Å². The molecule has 0 unspecified atom stereocenters. The smallest absolute Gasteiger partial charge is 0.318 e. The van der Waals surface area contributed by atoms with Gasteiger partial charge in [-0.1, -0.05) is 18.5 Å². The summed E-state index contributed by atoms with van der Waals surface area (Å²) in [5.74, 6) is 0.650. The van der Waals surface area contributed by atoms with Crippen LogP contribution in [0.5, 0.6) is 0 Å². The van der Waals surface area contributed by atoms with Gasteiger partial charge >= 0.3 is 6.03 Å². The summed E-state index contributed by atoms with van der Waals surface area (Å²) in [6, 6.07) is 1.38. The zero-order valence-corrected chi connectivity index (χ0v) is 14.0. The van der Waals surface area contributed by atoms with E-state index in [1.807, 2.05) is 20.8 Å². The van der Waals surface area contributed by atoms with Gasteiger partial charge in [0.25, 0.3) is 0 Å². The molecule has 124 valence electrons. The average Bonchev–Trinajstić information content (AvgIpc) is 2.80. The number of hydrogen-bond acceptors (Lipinski definition) is 4. The fourth-order valence-electron chi connectivity index (χ4n) is 1.83. The molecule has 0 aromatic carbocycles. The molecule has 0 aliphatic rings. The maximum Gasteiger partial charge on any atom is 0.318 e. The van der Waals surface area contributed by atoms with Crippen LogP contribution in [0, 0.1) is 6.92 Å². The second-order valence-corrected chi connectivity index (χ2v) is 6.21. The standard InChI is InChI=1S/C15H26N4O3/c1-6-7-8-16-14(21)19(15(3,4)5)10-13(20)17-12-9-11(2)22-18-12/h9H,6-8,10H2,1-5H3,(H,16,21)(H,17,18,20). The minimum Gasteiger partial charge on any atom is -0.360 e. The fourth-order valence-corrected chi connectivity index (χ4v) is 1.83. The van der Waals surface area contributed by atoms with Gasteiger partial charge in [0.1, 0.15) is 12.3 Å². The monoisotopic (exact) mass is 310 g/mol. The molecule has 7 heteroatoms. The molecule has 1 aromatic heterocycles. The van der Waals surface area contributed by atoms with E-state index in [0.717, 1.165) is 12.8 Å². The summed E-state index contributed by atoms with van der Waals surface area (Å²) in [6.45, 7) is 10.0. The molecule has 1 rings (SSSR count). The van der Waals surface area contributed by atoms with Gasteiger partial charge in [-0.3, -0.25) is 4.79 Å². The van der Waals surface area contributed by atoms with Crippen molar-refractivity contribution in [3.8, 4) is 0 Å². The van der Waals surface area contributed by atoms with Crippen molar-refractivity contribution in [3.63, 3.8) is 0 Å². The number of nitrogens with zero attached hydrogens (tertiary/aromatic N) is 2. The summed E-state index contributed by atoms with van der Waals surface area (Å²) in [7, 11) is 0. The van der Waals surface area contributed by atoms with Crippen molar-refractivity contribution in [2.45, 2.75) is 53.0 Å². The zero-order chi connectivity index (χ0) is 16.8. The Morgan fingerprint density at radius 2 is 2.05 bits per heavy atom. The number of unbranched alkanes of at least 4 members (excludes halogenated alkanes) is 1. The van der Waals surface area contributed by atoms with Crippen LogP contribution in [-0.2, 0) is 4.79 Å². The topological polar surface area (TPSA) is 87.5 Å². The lowest BCUT2D eigenvalue weighted by Crippen LogP contribution is -2.53. The highest BCUT2D eigenvalue weighted by Crippen LogP contribution is 2.14. The number of rotatable bonds is 6. The van der Waals surface area contributed by atoms with E-state index in [1.165, 1.54) is 4.90 Å². The highest BCUT2D eigenvalue weighted by molar-refractivity contribution is 5.93. The van der Waals surface area contributed by atoms with Crippen LogP contribution in [0.15, 0.2) is 10.6 Å². The Balaban J connectivity index is 2.64. The number of anilines is 1. The summed E-state index contributed by atoms with van der Waals surface area (Å²) in [6.07, 6.45) is 1.91. The molecule has 0 aliphatic heterocycles. The van der Waals surface area contributed by atoms with Crippen molar-refractivity contribution < 1.29 is 14.1 Å². The Morgan fingerprint density at radius 1 is 1.36 bits per heavy atom. The molecule has 0 atom stereocenters. The van der Waals surface area contributed by atoms with E-state index >= 15 is 0 Å². The first-order chi connectivity index (χ1) is 10.2. The van der Waals surface area contributed by atoms with Gasteiger partial charge in [-0.05, 0) is 34.1 Å². The maximum atomic E-state index is 12.3. The lowest BCUT2D eigenvalue weighted by molar-refractivity contribution is -0.117. The molecule has 3 amide bonds. The number of aryl methyl sites for hydroxylation is 1. The van der Waals surface area contributed by atoms with E-state index in [9.17, 15) is 9.59 Å². The van der Waals surface area contributed by atoms with Crippen LogP contribution < -0.4 is 10.6 Å². The summed E-state index contributed by atoms with van der Waals surface area (Å²) < 4.78 is 4.89. The molecule has 0 fully saturated rings. The maximum absolute atomic E-state index is 12.3. The molecule has 0 aliphatic carbocycles. The summed E-state index contributed by atoms with van der Waals surface area (Å²) >= 11 is 0. The second-order valence-electron chi connectivity index (χ2n) is 6.21. The Morgan fingerprint density at radius 3 is 2.55 bits per heavy atom. The molecular weight excluding hydrogens is 284 g/mol. The van der Waals surface area contributed by atoms with E-state index in [0.29, 0.717) is 18.1 Å². The third-order valence-electron chi connectivity index (χ3n) is 3.06. The van der Waals surface area contributed by atoms with Gasteiger partial charge in [0, 0.05) is 18.2 Å². The quantitative estimate of drug-likeness (QED) is 0.790. The minimum absolute atomic E-state index is 0.0482. The summed E-state index contributed by atoms with van der Waals surface area (Å²) in [4.78, 5) is 25.9. The van der Waals surface area contributed by atoms with Crippen molar-refractivity contribution in [1.29, 1.82) is 0 Å². The molecule has 1 aromatic rings. The van der Waals surface area contributed by atoms with Crippen molar-refractivity contribution in [3.05, 3.63) is 11.8 Å². The van der Waals surface area contributed by atoms with E-state index in [2.05, 4.69) is 22.7 Å². The van der Waals surface area contributed by atoms with E-state index < -0.39 is 5.54 Å². The van der Waals surface area contributed by atoms with Crippen molar-refractivity contribution >= 4 is 17.8 Å². The SMILES string of the molecule is CCCCNC(=O)N(CC(=O)Nc1cc(C)on1)C(C)(C)C. The Kier molecular flexibility index (Phi) is 6.39. The predicted molar refractivity (Wildman–Crippen MR) is 84.6 cm³/mol. The Bertz CT molecular complexity index is 505. The van der Waals surface area contributed by atoms with E-state index in [4.69, 9.17) is 4.52 Å². The number of urea groups is 1. The van der Waals surface area contributed by atoms with Crippen molar-refractivity contribution in [2.24, 2.45) is 0 Å². The number of aromatic nitrogens is 1. The molecule has 0 spiro atoms. The van der Waals surface area contributed by atoms with Gasteiger partial charge in [0.05, 0.1) is 0 Å². The molecule has 0 radical (unpaired) electrons. The molecule has 0 saturated carbocycles. The highest BCUT2D eigenvalue weighted by atomic mass is 16.5. The number of carbonyl (C=O) groups is 2. The van der Waals surface area contributed by atoms with Crippen LogP contribution >= 0.6 is 0 Å². The number of amides is 3. The average molecular weight is 310 g/mol. The molecule has 0 saturated heterocycles. The predicted octanol–water partition coefficient (Wildman–Crippen LogP) is 2.53. The molecular formula is C15H26N4O3. The Labute approximate surface area is 131 Å². The molecule has 7 nitrogen and oxygen atoms in total. The van der Waals surface area contributed by atoms with Crippen molar-refractivity contribution in [2.75, 3.05) is 18.4 Å². The van der Waals surface area contributed by atoms with Crippen molar-refractivity contribution in [1.82, 2.24) is 15.4 Å². The van der Waals surface area contributed by atoms with Gasteiger partial charge < -0.3 is 20.1 Å². The van der Waals surface area contributed by atoms with Gasteiger partial charge in [-0.25, -0.2) is 4.79 Å². The normalized spacial score (nSPS) is 11.1. The van der Waals surface area contributed by atoms with Gasteiger partial charge in [-0.2, -0.15) is 0 Å². The summed E-state index contributed by atoms with van der Waals surface area (Å²) in [5.41, 5.74) is -0.465. The fraction of sp³-hybridized carbons (Fsp3) is 0.667. The Hall–Kier alpha value is -2.05. The van der Waals surface area contributed by atoms with Crippen LogP contribution in [0.3, 0.4) is 0 Å². The van der Waals surface area contributed by atoms with E-state index in [1.54, 1.807) is 13.0 Å². The molecule has 1 heterocycles. The van der Waals surface area contributed by atoms with E-state index in [-0.39, 0.29) is 18.5 Å². The first-order valence-corrected chi connectivity index (χ1v) is 7.52. The first-order valence-electron chi connectivity index (χ1n) is 7.52. The third kappa shape index (κ3) is 5.75. The largest absolute Gasteiger partial charge is 0.360 e. The van der Waals surface area contributed by atoms with Crippen LogP contribution in [0.1, 0.15) is 46.3 Å². The lowest BCUT2D eigenvalue weighted by Gasteiger charge is -2.35. The van der Waals surface area contributed by atoms with Crippen LogP contribution in [-0.4, -0.2) is 40.6 Å². The number of carbonyl (C=O) groups excluding carboxylic acids is 2. The van der Waals surface area contributed by atoms with Crippen LogP contribution in [0.25, 0.3) is 0 Å². The number of nitrogens with one attached hydrogen (secondary N) is 2. The molecule has 2 N–H and O–H groups in total. The van der Waals surface area contributed by atoms with Gasteiger partial charge in [0.15, 0.2) is 5.82 Å². The minimum atomic E-state index is -0.465. The highest BCUT2D eigenvalue weighted by Gasteiger charge is 2.28. The third-order valence-corrected chi connectivity index (χ3v) is 3.06. The first kappa shape index (κ1) is 18.0. The van der Waals surface area contributed by atoms with Gasteiger partial charge in [-0.15, -0.1) is 0 Å². The molecule has 22 heavy (non-hydrogen) atoms. The molecule has 0 bridgehead atoms. The van der Waals surface area contributed by atoms with Gasteiger partial charge in [0.2, 0.25) is 5.91 Å². The zero-order valence-electron chi connectivity index (χ0n) is 14.0.